The van der Waals surface area contributed by atoms with Gasteiger partial charge in [-0.1, -0.05) is 11.6 Å². The van der Waals surface area contributed by atoms with Crippen molar-refractivity contribution in [3.05, 3.63) is 11.2 Å². The second-order valence-electron chi connectivity index (χ2n) is 6.63. The molecule has 1 aromatic heterocycles. The highest BCUT2D eigenvalue weighted by Gasteiger charge is 2.54. The Morgan fingerprint density at radius 1 is 1.32 bits per heavy atom. The van der Waals surface area contributed by atoms with Crippen molar-refractivity contribution in [1.29, 1.82) is 0 Å². The molecular weight excluding hydrogens is 346 g/mol. The van der Waals surface area contributed by atoms with Crippen LogP contribution in [-0.2, 0) is 14.3 Å². The molecule has 0 atom stereocenters. The molecule has 1 aromatic rings. The normalized spacial score (nSPS) is 19.6. The molecule has 0 unspecified atom stereocenters. The number of anilines is 1. The SMILES string of the molecule is COCCC1CCN(c2nc(Cl)cc(OC3(C(=O)OC)CC3)n2)CC1. The van der Waals surface area contributed by atoms with Gasteiger partial charge in [-0.3, -0.25) is 0 Å². The summed E-state index contributed by atoms with van der Waals surface area (Å²) in [6.45, 7) is 2.54. The molecule has 1 aliphatic heterocycles. The number of hydrogen-bond acceptors (Lipinski definition) is 7. The van der Waals surface area contributed by atoms with Crippen molar-refractivity contribution in [1.82, 2.24) is 9.97 Å². The first kappa shape index (κ1) is 18.2. The Bertz CT molecular complexity index is 616. The number of esters is 1. The minimum atomic E-state index is -0.906. The molecule has 7 nitrogen and oxygen atoms in total. The molecule has 25 heavy (non-hydrogen) atoms. The Labute approximate surface area is 152 Å². The van der Waals surface area contributed by atoms with Crippen LogP contribution < -0.4 is 9.64 Å². The van der Waals surface area contributed by atoms with Crippen molar-refractivity contribution in [2.75, 3.05) is 38.8 Å². The van der Waals surface area contributed by atoms with Crippen LogP contribution in [0.25, 0.3) is 0 Å². The van der Waals surface area contributed by atoms with Crippen LogP contribution in [0.1, 0.15) is 32.1 Å². The maximum atomic E-state index is 11.9. The zero-order valence-corrected chi connectivity index (χ0v) is 15.4. The van der Waals surface area contributed by atoms with E-state index >= 15 is 0 Å². The van der Waals surface area contributed by atoms with Gasteiger partial charge >= 0.3 is 5.97 Å². The summed E-state index contributed by atoms with van der Waals surface area (Å²) in [5.74, 6) is 1.16. The molecule has 0 spiro atoms. The topological polar surface area (TPSA) is 73.8 Å². The molecule has 0 bridgehead atoms. The number of methoxy groups -OCH3 is 2. The number of rotatable bonds is 7. The highest BCUT2D eigenvalue weighted by molar-refractivity contribution is 6.29. The number of halogens is 1. The van der Waals surface area contributed by atoms with E-state index in [0.717, 1.165) is 39.0 Å². The monoisotopic (exact) mass is 369 g/mol. The van der Waals surface area contributed by atoms with E-state index in [0.29, 0.717) is 35.7 Å². The molecule has 0 radical (unpaired) electrons. The molecule has 2 fully saturated rings. The van der Waals surface area contributed by atoms with Gasteiger partial charge in [0, 0.05) is 45.7 Å². The van der Waals surface area contributed by atoms with Crippen molar-refractivity contribution in [2.24, 2.45) is 5.92 Å². The van der Waals surface area contributed by atoms with Crippen LogP contribution in [0, 0.1) is 5.92 Å². The molecule has 1 saturated heterocycles. The lowest BCUT2D eigenvalue weighted by Gasteiger charge is -2.32. The maximum Gasteiger partial charge on any atom is 0.350 e. The predicted molar refractivity (Wildman–Crippen MR) is 93.1 cm³/mol. The van der Waals surface area contributed by atoms with E-state index in [1.54, 1.807) is 13.2 Å². The second-order valence-corrected chi connectivity index (χ2v) is 7.02. The minimum Gasteiger partial charge on any atom is -0.466 e. The molecule has 8 heteroatoms. The highest BCUT2D eigenvalue weighted by Crippen LogP contribution is 2.41. The fourth-order valence-electron chi connectivity index (χ4n) is 3.13. The van der Waals surface area contributed by atoms with E-state index in [-0.39, 0.29) is 5.97 Å². The fourth-order valence-corrected chi connectivity index (χ4v) is 3.30. The van der Waals surface area contributed by atoms with Crippen LogP contribution in [0.5, 0.6) is 5.88 Å². The van der Waals surface area contributed by atoms with Gasteiger partial charge in [-0.05, 0) is 25.2 Å². The van der Waals surface area contributed by atoms with Gasteiger partial charge in [0.05, 0.1) is 7.11 Å². The Balaban J connectivity index is 1.65. The Kier molecular flexibility index (Phi) is 5.64. The summed E-state index contributed by atoms with van der Waals surface area (Å²) in [7, 11) is 3.09. The van der Waals surface area contributed by atoms with Gasteiger partial charge in [0.15, 0.2) is 0 Å². The summed E-state index contributed by atoms with van der Waals surface area (Å²) in [6.07, 6.45) is 4.48. The smallest absolute Gasteiger partial charge is 0.350 e. The van der Waals surface area contributed by atoms with Gasteiger partial charge in [-0.15, -0.1) is 0 Å². The maximum absolute atomic E-state index is 11.9. The van der Waals surface area contributed by atoms with Crippen molar-refractivity contribution < 1.29 is 19.0 Å². The number of ether oxygens (including phenoxy) is 3. The van der Waals surface area contributed by atoms with Gasteiger partial charge in [-0.25, -0.2) is 9.78 Å². The van der Waals surface area contributed by atoms with Crippen LogP contribution in [0.3, 0.4) is 0 Å². The van der Waals surface area contributed by atoms with Gasteiger partial charge < -0.3 is 19.1 Å². The second kappa shape index (κ2) is 7.74. The number of aromatic nitrogens is 2. The largest absolute Gasteiger partial charge is 0.466 e. The summed E-state index contributed by atoms with van der Waals surface area (Å²) in [5, 5.41) is 0.308. The summed E-state index contributed by atoms with van der Waals surface area (Å²) in [4.78, 5) is 22.7. The molecule has 1 saturated carbocycles. The Hall–Kier alpha value is -1.60. The van der Waals surface area contributed by atoms with E-state index in [9.17, 15) is 4.79 Å². The van der Waals surface area contributed by atoms with Gasteiger partial charge in [-0.2, -0.15) is 4.98 Å². The van der Waals surface area contributed by atoms with Crippen LogP contribution in [0.4, 0.5) is 5.95 Å². The Morgan fingerprint density at radius 3 is 2.64 bits per heavy atom. The summed E-state index contributed by atoms with van der Waals surface area (Å²) >= 11 is 6.14. The van der Waals surface area contributed by atoms with Crippen LogP contribution in [-0.4, -0.2) is 55.5 Å². The number of nitrogens with zero attached hydrogens (tertiary/aromatic N) is 3. The van der Waals surface area contributed by atoms with Crippen LogP contribution in [0.15, 0.2) is 6.07 Å². The lowest BCUT2D eigenvalue weighted by Crippen LogP contribution is -2.35. The van der Waals surface area contributed by atoms with Crippen LogP contribution in [0.2, 0.25) is 5.15 Å². The first-order valence-corrected chi connectivity index (χ1v) is 9.00. The molecule has 138 valence electrons. The van der Waals surface area contributed by atoms with Gasteiger partial charge in [0.25, 0.3) is 0 Å². The summed E-state index contributed by atoms with van der Waals surface area (Å²) in [6, 6.07) is 1.54. The van der Waals surface area contributed by atoms with Gasteiger partial charge in [0.1, 0.15) is 5.15 Å². The first-order valence-electron chi connectivity index (χ1n) is 8.62. The third kappa shape index (κ3) is 4.33. The standard InChI is InChI=1S/C17H24ClN3O4/c1-23-10-5-12-3-8-21(9-4-12)16-19-13(18)11-14(20-16)25-17(6-7-17)15(22)24-2/h11-12H,3-10H2,1-2H3. The quantitative estimate of drug-likeness (QED) is 0.540. The number of piperidine rings is 1. The van der Waals surface area contributed by atoms with Crippen molar-refractivity contribution in [2.45, 2.75) is 37.7 Å². The molecule has 2 heterocycles. The molecule has 2 aliphatic rings. The zero-order chi connectivity index (χ0) is 17.9. The lowest BCUT2D eigenvalue weighted by atomic mass is 9.94. The Morgan fingerprint density at radius 2 is 2.04 bits per heavy atom. The fraction of sp³-hybridized carbons (Fsp3) is 0.706. The lowest BCUT2D eigenvalue weighted by molar-refractivity contribution is -0.151. The minimum absolute atomic E-state index is 0.308. The zero-order valence-electron chi connectivity index (χ0n) is 14.7. The summed E-state index contributed by atoms with van der Waals surface area (Å²) < 4.78 is 15.8. The molecule has 0 amide bonds. The molecular formula is C17H24ClN3O4. The van der Waals surface area contributed by atoms with Crippen molar-refractivity contribution in [3.8, 4) is 5.88 Å². The van der Waals surface area contributed by atoms with E-state index in [4.69, 9.17) is 25.8 Å². The van der Waals surface area contributed by atoms with E-state index in [1.807, 2.05) is 0 Å². The first-order chi connectivity index (χ1) is 12.1. The molecule has 0 N–H and O–H groups in total. The van der Waals surface area contributed by atoms with E-state index in [2.05, 4.69) is 14.9 Å². The van der Waals surface area contributed by atoms with Crippen molar-refractivity contribution in [3.63, 3.8) is 0 Å². The third-order valence-electron chi connectivity index (χ3n) is 4.85. The van der Waals surface area contributed by atoms with E-state index in [1.165, 1.54) is 7.11 Å². The number of carbonyl (C=O) groups excluding carboxylic acids is 1. The van der Waals surface area contributed by atoms with E-state index < -0.39 is 5.60 Å². The number of hydrogen-bond donors (Lipinski definition) is 0. The molecule has 3 rings (SSSR count). The summed E-state index contributed by atoms with van der Waals surface area (Å²) in [5.41, 5.74) is -0.906. The number of carbonyl (C=O) groups is 1. The third-order valence-corrected chi connectivity index (χ3v) is 5.04. The van der Waals surface area contributed by atoms with Crippen LogP contribution >= 0.6 is 11.6 Å². The highest BCUT2D eigenvalue weighted by atomic mass is 35.5. The molecule has 0 aromatic carbocycles. The predicted octanol–water partition coefficient (Wildman–Crippen LogP) is 2.47. The average Bonchev–Trinajstić information content (AvgIpc) is 3.39. The molecule has 1 aliphatic carbocycles. The van der Waals surface area contributed by atoms with Gasteiger partial charge in [0.2, 0.25) is 17.4 Å². The van der Waals surface area contributed by atoms with Crippen molar-refractivity contribution >= 4 is 23.5 Å². The average molecular weight is 370 g/mol.